The van der Waals surface area contributed by atoms with E-state index >= 15 is 0 Å². The van der Waals surface area contributed by atoms with Crippen LogP contribution < -0.4 is 10.1 Å². The van der Waals surface area contributed by atoms with Crippen molar-refractivity contribution in [3.8, 4) is 5.88 Å². The van der Waals surface area contributed by atoms with Crippen molar-refractivity contribution in [2.24, 2.45) is 0 Å². The maximum absolute atomic E-state index is 6.16. The minimum atomic E-state index is 0.350. The molecule has 4 heteroatoms. The molecule has 3 nitrogen and oxygen atoms in total. The summed E-state index contributed by atoms with van der Waals surface area (Å²) in [5.74, 6) is 0.721. The van der Waals surface area contributed by atoms with Crippen molar-refractivity contribution in [1.29, 1.82) is 0 Å². The molecular weight excluding hydrogens is 248 g/mol. The number of rotatable bonds is 5. The number of ether oxygens (including phenoxy) is 1. The van der Waals surface area contributed by atoms with Gasteiger partial charge in [-0.2, -0.15) is 0 Å². The Balaban J connectivity index is 1.63. The SMILES string of the molecule is Clc1cnc(OC2CCCC2)cc1CNC1CC1. The minimum Gasteiger partial charge on any atom is -0.474 e. The highest BCUT2D eigenvalue weighted by atomic mass is 35.5. The lowest BCUT2D eigenvalue weighted by Crippen LogP contribution is -2.16. The van der Waals surface area contributed by atoms with Crippen LogP contribution >= 0.6 is 11.6 Å². The molecule has 2 fully saturated rings. The van der Waals surface area contributed by atoms with E-state index in [2.05, 4.69) is 10.3 Å². The Morgan fingerprint density at radius 1 is 1.28 bits per heavy atom. The summed E-state index contributed by atoms with van der Waals surface area (Å²) in [5.41, 5.74) is 1.09. The fourth-order valence-corrected chi connectivity index (χ4v) is 2.55. The average molecular weight is 267 g/mol. The number of pyridine rings is 1. The lowest BCUT2D eigenvalue weighted by atomic mass is 10.2. The third-order valence-corrected chi connectivity index (χ3v) is 4.00. The Morgan fingerprint density at radius 3 is 2.78 bits per heavy atom. The maximum Gasteiger partial charge on any atom is 0.213 e. The first-order chi connectivity index (χ1) is 8.81. The molecule has 0 spiro atoms. The Morgan fingerprint density at radius 2 is 2.06 bits per heavy atom. The van der Waals surface area contributed by atoms with E-state index in [4.69, 9.17) is 16.3 Å². The van der Waals surface area contributed by atoms with Gasteiger partial charge in [-0.3, -0.25) is 0 Å². The van der Waals surface area contributed by atoms with Crippen LogP contribution in [0.5, 0.6) is 5.88 Å². The second kappa shape index (κ2) is 5.45. The molecule has 2 saturated carbocycles. The second-order valence-electron chi connectivity index (χ2n) is 5.29. The summed E-state index contributed by atoms with van der Waals surface area (Å²) >= 11 is 6.16. The molecule has 1 aromatic rings. The lowest BCUT2D eigenvalue weighted by Gasteiger charge is -2.13. The summed E-state index contributed by atoms with van der Waals surface area (Å²) in [6.07, 6.45) is 9.48. The molecule has 2 aliphatic carbocycles. The van der Waals surface area contributed by atoms with Gasteiger partial charge in [0.1, 0.15) is 6.10 Å². The Bertz CT molecular complexity index is 414. The molecule has 1 aromatic heterocycles. The van der Waals surface area contributed by atoms with Gasteiger partial charge in [-0.05, 0) is 44.1 Å². The third kappa shape index (κ3) is 3.15. The van der Waals surface area contributed by atoms with Crippen molar-refractivity contribution in [3.63, 3.8) is 0 Å². The van der Waals surface area contributed by atoms with Crippen molar-refractivity contribution < 1.29 is 4.74 Å². The predicted octanol–water partition coefficient (Wildman–Crippen LogP) is 3.31. The number of nitrogens with one attached hydrogen (secondary N) is 1. The van der Waals surface area contributed by atoms with Crippen LogP contribution in [-0.2, 0) is 6.54 Å². The van der Waals surface area contributed by atoms with Gasteiger partial charge in [-0.1, -0.05) is 11.6 Å². The van der Waals surface area contributed by atoms with E-state index < -0.39 is 0 Å². The Kier molecular flexibility index (Phi) is 3.71. The Labute approximate surface area is 113 Å². The Hall–Kier alpha value is -0.800. The normalized spacial score (nSPS) is 20.3. The van der Waals surface area contributed by atoms with Crippen molar-refractivity contribution in [1.82, 2.24) is 10.3 Å². The van der Waals surface area contributed by atoms with Crippen LogP contribution in [0.1, 0.15) is 44.1 Å². The fraction of sp³-hybridized carbons (Fsp3) is 0.643. The molecule has 3 rings (SSSR count). The molecule has 0 unspecified atom stereocenters. The smallest absolute Gasteiger partial charge is 0.213 e. The molecule has 0 bridgehead atoms. The lowest BCUT2D eigenvalue weighted by molar-refractivity contribution is 0.201. The first-order valence-electron chi connectivity index (χ1n) is 6.86. The standard InChI is InChI=1S/C14H19ClN2O/c15-13-9-17-14(18-12-3-1-2-4-12)7-10(13)8-16-11-5-6-11/h7,9,11-12,16H,1-6,8H2. The second-order valence-corrected chi connectivity index (χ2v) is 5.70. The van der Waals surface area contributed by atoms with Gasteiger partial charge in [0.05, 0.1) is 5.02 Å². The van der Waals surface area contributed by atoms with Gasteiger partial charge < -0.3 is 10.1 Å². The third-order valence-electron chi connectivity index (χ3n) is 3.66. The van der Waals surface area contributed by atoms with E-state index in [1.807, 2.05) is 6.07 Å². The highest BCUT2D eigenvalue weighted by Crippen LogP contribution is 2.26. The zero-order chi connectivity index (χ0) is 12.4. The predicted molar refractivity (Wildman–Crippen MR) is 72.0 cm³/mol. The molecule has 0 aromatic carbocycles. The molecule has 98 valence electrons. The summed E-state index contributed by atoms with van der Waals surface area (Å²) < 4.78 is 5.90. The minimum absolute atomic E-state index is 0.350. The molecule has 2 aliphatic rings. The summed E-state index contributed by atoms with van der Waals surface area (Å²) in [5, 5.41) is 4.19. The molecule has 18 heavy (non-hydrogen) atoms. The van der Waals surface area contributed by atoms with Gasteiger partial charge in [0.25, 0.3) is 0 Å². The van der Waals surface area contributed by atoms with Crippen molar-refractivity contribution in [3.05, 3.63) is 22.8 Å². The van der Waals surface area contributed by atoms with Crippen LogP contribution in [0.3, 0.4) is 0 Å². The van der Waals surface area contributed by atoms with Crippen LogP contribution in [0.25, 0.3) is 0 Å². The monoisotopic (exact) mass is 266 g/mol. The van der Waals surface area contributed by atoms with Crippen molar-refractivity contribution in [2.45, 2.75) is 57.2 Å². The zero-order valence-electron chi connectivity index (χ0n) is 10.5. The molecule has 0 saturated heterocycles. The summed E-state index contributed by atoms with van der Waals surface area (Å²) in [4.78, 5) is 4.26. The number of nitrogens with zero attached hydrogens (tertiary/aromatic N) is 1. The average Bonchev–Trinajstić information content (AvgIpc) is 3.07. The molecular formula is C14H19ClN2O. The zero-order valence-corrected chi connectivity index (χ0v) is 11.2. The quantitative estimate of drug-likeness (QED) is 0.888. The van der Waals surface area contributed by atoms with Crippen LogP contribution in [0, 0.1) is 0 Å². The largest absolute Gasteiger partial charge is 0.474 e. The van der Waals surface area contributed by atoms with Crippen LogP contribution in [-0.4, -0.2) is 17.1 Å². The molecule has 0 aliphatic heterocycles. The van der Waals surface area contributed by atoms with Gasteiger partial charge in [-0.25, -0.2) is 4.98 Å². The van der Waals surface area contributed by atoms with E-state index in [9.17, 15) is 0 Å². The van der Waals surface area contributed by atoms with E-state index in [1.165, 1.54) is 25.7 Å². The van der Waals surface area contributed by atoms with E-state index in [0.717, 1.165) is 35.9 Å². The van der Waals surface area contributed by atoms with Gasteiger partial charge in [-0.15, -0.1) is 0 Å². The number of hydrogen-bond acceptors (Lipinski definition) is 3. The van der Waals surface area contributed by atoms with Crippen molar-refractivity contribution in [2.75, 3.05) is 0 Å². The summed E-state index contributed by atoms with van der Waals surface area (Å²) in [7, 11) is 0. The topological polar surface area (TPSA) is 34.1 Å². The number of hydrogen-bond donors (Lipinski definition) is 1. The van der Waals surface area contributed by atoms with Crippen LogP contribution in [0.4, 0.5) is 0 Å². The summed E-state index contributed by atoms with van der Waals surface area (Å²) in [6, 6.07) is 2.67. The fourth-order valence-electron chi connectivity index (χ4n) is 2.38. The molecule has 0 amide bonds. The number of halogens is 1. The van der Waals surface area contributed by atoms with E-state index in [1.54, 1.807) is 6.20 Å². The maximum atomic E-state index is 6.16. The molecule has 0 radical (unpaired) electrons. The number of aromatic nitrogens is 1. The first kappa shape index (κ1) is 12.2. The molecule has 1 heterocycles. The molecule has 0 atom stereocenters. The van der Waals surface area contributed by atoms with Gasteiger partial charge >= 0.3 is 0 Å². The van der Waals surface area contributed by atoms with Gasteiger partial charge in [0.15, 0.2) is 0 Å². The summed E-state index contributed by atoms with van der Waals surface area (Å²) in [6.45, 7) is 0.813. The van der Waals surface area contributed by atoms with E-state index in [0.29, 0.717) is 12.1 Å². The van der Waals surface area contributed by atoms with Gasteiger partial charge in [0, 0.05) is 24.8 Å². The first-order valence-corrected chi connectivity index (χ1v) is 7.23. The van der Waals surface area contributed by atoms with Crippen molar-refractivity contribution >= 4 is 11.6 Å². The van der Waals surface area contributed by atoms with E-state index in [-0.39, 0.29) is 0 Å². The van der Waals surface area contributed by atoms with Crippen LogP contribution in [0.15, 0.2) is 12.3 Å². The highest BCUT2D eigenvalue weighted by Gasteiger charge is 2.21. The van der Waals surface area contributed by atoms with Crippen LogP contribution in [0.2, 0.25) is 5.02 Å². The highest BCUT2D eigenvalue weighted by molar-refractivity contribution is 6.31. The molecule has 1 N–H and O–H groups in total. The van der Waals surface area contributed by atoms with Gasteiger partial charge in [0.2, 0.25) is 5.88 Å².